The Hall–Kier alpha value is -3.84. The van der Waals surface area contributed by atoms with Gasteiger partial charge in [-0.3, -0.25) is 9.59 Å². The van der Waals surface area contributed by atoms with Gasteiger partial charge in [0, 0.05) is 17.1 Å². The number of rotatable bonds is 9. The first kappa shape index (κ1) is 22.9. The second-order valence-electron chi connectivity index (χ2n) is 8.62. The average molecular weight is 498 g/mol. The predicted molar refractivity (Wildman–Crippen MR) is 106 cm³/mol. The smallest absolute Gasteiger partial charge is 0.484 e. The Balaban J connectivity index is 1.02. The van der Waals surface area contributed by atoms with Crippen molar-refractivity contribution in [2.75, 3.05) is 13.2 Å². The topological polar surface area (TPSA) is 121 Å². The molecule has 2 bridgehead atoms. The lowest BCUT2D eigenvalue weighted by Gasteiger charge is -2.70. The van der Waals surface area contributed by atoms with Gasteiger partial charge < -0.3 is 29.6 Å². The van der Waals surface area contributed by atoms with E-state index in [0.717, 1.165) is 12.4 Å². The van der Waals surface area contributed by atoms with Crippen LogP contribution >= 0.6 is 0 Å². The first-order valence-corrected chi connectivity index (χ1v) is 10.4. The Bertz CT molecular complexity index is 1140. The Morgan fingerprint density at radius 1 is 0.943 bits per heavy atom. The van der Waals surface area contributed by atoms with Crippen LogP contribution in [0.3, 0.4) is 0 Å². The maximum atomic E-state index is 13.1. The molecule has 0 unspecified atom stereocenters. The molecular formula is C21H18F4N4O6. The van der Waals surface area contributed by atoms with Crippen LogP contribution in [0.25, 0.3) is 0 Å². The summed E-state index contributed by atoms with van der Waals surface area (Å²) in [6.07, 6.45) is -3.02. The maximum absolute atomic E-state index is 13.1. The van der Waals surface area contributed by atoms with Gasteiger partial charge in [0.1, 0.15) is 11.4 Å². The lowest BCUT2D eigenvalue weighted by atomic mass is 9.44. The number of benzene rings is 1. The van der Waals surface area contributed by atoms with Crippen molar-refractivity contribution in [1.82, 2.24) is 20.6 Å². The number of alkyl halides is 4. The van der Waals surface area contributed by atoms with Gasteiger partial charge in [0.05, 0.1) is 12.4 Å². The van der Waals surface area contributed by atoms with Crippen LogP contribution in [-0.4, -0.2) is 52.4 Å². The van der Waals surface area contributed by atoms with E-state index in [1.165, 1.54) is 18.2 Å². The monoisotopic (exact) mass is 498 g/mol. The van der Waals surface area contributed by atoms with E-state index < -0.39 is 41.3 Å². The summed E-state index contributed by atoms with van der Waals surface area (Å²) in [6, 6.07) is 3.84. The van der Waals surface area contributed by atoms with E-state index in [0.29, 0.717) is 19.3 Å². The maximum Gasteiger partial charge on any atom is 0.586 e. The molecule has 6 rings (SSSR count). The van der Waals surface area contributed by atoms with E-state index in [-0.39, 0.29) is 36.3 Å². The first-order valence-electron chi connectivity index (χ1n) is 10.4. The molecule has 186 valence electrons. The van der Waals surface area contributed by atoms with Crippen molar-refractivity contribution in [1.29, 1.82) is 0 Å². The van der Waals surface area contributed by atoms with Crippen LogP contribution in [0.15, 0.2) is 30.6 Å². The number of carbonyl (C=O) groups excluding carboxylic acids is 2. The van der Waals surface area contributed by atoms with Gasteiger partial charge in [-0.05, 0) is 31.4 Å². The molecule has 10 nitrogen and oxygen atoms in total. The highest BCUT2D eigenvalue weighted by Crippen LogP contribution is 2.60. The fraction of sp³-hybridized carbons (Fsp3) is 0.429. The summed E-state index contributed by atoms with van der Waals surface area (Å²) in [5.74, 6) is -1.03. The van der Waals surface area contributed by atoms with Crippen molar-refractivity contribution in [3.63, 3.8) is 0 Å². The highest BCUT2D eigenvalue weighted by molar-refractivity contribution is 5.81. The first-order chi connectivity index (χ1) is 16.5. The quantitative estimate of drug-likeness (QED) is 0.505. The summed E-state index contributed by atoms with van der Waals surface area (Å²) in [7, 11) is 0. The van der Waals surface area contributed by atoms with Gasteiger partial charge in [0.25, 0.3) is 18.2 Å². The molecule has 1 aromatic carbocycles. The molecule has 2 N–H and O–H groups in total. The van der Waals surface area contributed by atoms with E-state index in [9.17, 15) is 27.2 Å². The van der Waals surface area contributed by atoms with Crippen LogP contribution in [0.2, 0.25) is 0 Å². The Morgan fingerprint density at radius 2 is 1.57 bits per heavy atom. The summed E-state index contributed by atoms with van der Waals surface area (Å²) in [4.78, 5) is 31.6. The average Bonchev–Trinajstić information content (AvgIpc) is 3.07. The summed E-state index contributed by atoms with van der Waals surface area (Å²) < 4.78 is 70.2. The number of fused-ring (bicyclic) bond motifs is 1. The van der Waals surface area contributed by atoms with Gasteiger partial charge in [-0.2, -0.15) is 0 Å². The van der Waals surface area contributed by atoms with Gasteiger partial charge >= 0.3 is 6.29 Å². The fourth-order valence-electron chi connectivity index (χ4n) is 4.54. The number of carbonyl (C=O) groups is 2. The van der Waals surface area contributed by atoms with Crippen molar-refractivity contribution in [3.8, 4) is 23.1 Å². The minimum absolute atomic E-state index is 0.0537. The lowest BCUT2D eigenvalue weighted by molar-refractivity contribution is -0.286. The van der Waals surface area contributed by atoms with Gasteiger partial charge in [0.15, 0.2) is 24.7 Å². The highest BCUT2D eigenvalue weighted by Gasteiger charge is 2.69. The van der Waals surface area contributed by atoms with Gasteiger partial charge in [-0.1, -0.05) is 0 Å². The van der Waals surface area contributed by atoms with Crippen molar-refractivity contribution in [3.05, 3.63) is 36.3 Å². The molecule has 35 heavy (non-hydrogen) atoms. The Labute approximate surface area is 194 Å². The molecule has 0 radical (unpaired) electrons. The van der Waals surface area contributed by atoms with E-state index in [1.807, 2.05) is 0 Å². The second-order valence-corrected chi connectivity index (χ2v) is 8.62. The van der Waals surface area contributed by atoms with E-state index in [4.69, 9.17) is 9.47 Å². The number of nitrogens with zero attached hydrogens (tertiary/aromatic N) is 2. The third-order valence-corrected chi connectivity index (χ3v) is 5.81. The molecule has 14 heteroatoms. The highest BCUT2D eigenvalue weighted by atomic mass is 19.3. The minimum Gasteiger partial charge on any atom is -0.484 e. The molecule has 0 atom stereocenters. The third-order valence-electron chi connectivity index (χ3n) is 5.81. The molecule has 3 fully saturated rings. The predicted octanol–water partition coefficient (Wildman–Crippen LogP) is 2.10. The summed E-state index contributed by atoms with van der Waals surface area (Å²) in [5, 5.41) is 5.71. The molecule has 2 amide bonds. The zero-order chi connectivity index (χ0) is 24.8. The van der Waals surface area contributed by atoms with Gasteiger partial charge in [-0.25, -0.2) is 18.7 Å². The van der Waals surface area contributed by atoms with Crippen molar-refractivity contribution >= 4 is 11.8 Å². The summed E-state index contributed by atoms with van der Waals surface area (Å²) >= 11 is 0. The van der Waals surface area contributed by atoms with E-state index in [2.05, 4.69) is 30.1 Å². The van der Waals surface area contributed by atoms with Crippen LogP contribution in [0.1, 0.15) is 31.4 Å². The number of halogens is 4. The zero-order valence-electron chi connectivity index (χ0n) is 17.9. The molecule has 0 spiro atoms. The molecule has 1 aromatic heterocycles. The van der Waals surface area contributed by atoms with Crippen LogP contribution in [0, 0.1) is 0 Å². The van der Waals surface area contributed by atoms with Crippen LogP contribution in [0.5, 0.6) is 23.1 Å². The van der Waals surface area contributed by atoms with E-state index >= 15 is 0 Å². The SMILES string of the molecule is O=C(COc1ccc2c(c1)OC(F)(F)O2)NC12CC(NC(=O)COc3cnc(C(F)F)cn3)(C1)C2. The van der Waals surface area contributed by atoms with Crippen molar-refractivity contribution < 1.29 is 46.1 Å². The largest absolute Gasteiger partial charge is 0.586 e. The number of amides is 2. The fourth-order valence-corrected chi connectivity index (χ4v) is 4.54. The van der Waals surface area contributed by atoms with Crippen molar-refractivity contribution in [2.24, 2.45) is 0 Å². The summed E-state index contributed by atoms with van der Waals surface area (Å²) in [6.45, 7) is -0.699. The lowest BCUT2D eigenvalue weighted by Crippen LogP contribution is -2.84. The Kier molecular flexibility index (Phi) is 5.33. The number of hydrogen-bond donors (Lipinski definition) is 2. The third kappa shape index (κ3) is 4.72. The zero-order valence-corrected chi connectivity index (χ0v) is 17.9. The molecule has 0 saturated heterocycles. The molecule has 3 aliphatic carbocycles. The molecule has 2 aromatic rings. The van der Waals surface area contributed by atoms with Crippen LogP contribution in [0.4, 0.5) is 17.6 Å². The molecule has 4 aliphatic rings. The van der Waals surface area contributed by atoms with Crippen LogP contribution < -0.4 is 29.6 Å². The number of hydrogen-bond acceptors (Lipinski definition) is 8. The van der Waals surface area contributed by atoms with Crippen molar-refractivity contribution in [2.45, 2.75) is 43.1 Å². The van der Waals surface area contributed by atoms with Crippen LogP contribution in [-0.2, 0) is 9.59 Å². The van der Waals surface area contributed by atoms with Gasteiger partial charge in [0.2, 0.25) is 5.88 Å². The number of nitrogens with one attached hydrogen (secondary N) is 2. The Morgan fingerprint density at radius 3 is 2.17 bits per heavy atom. The molecule has 3 saturated carbocycles. The summed E-state index contributed by atoms with van der Waals surface area (Å²) in [5.41, 5.74) is -1.38. The normalized spacial score (nSPS) is 24.7. The van der Waals surface area contributed by atoms with Gasteiger partial charge in [-0.15, -0.1) is 8.78 Å². The number of ether oxygens (including phenoxy) is 4. The molecule has 1 aliphatic heterocycles. The van der Waals surface area contributed by atoms with E-state index in [1.54, 1.807) is 0 Å². The molecular weight excluding hydrogens is 480 g/mol. The standard InChI is InChI=1S/C21H18F4N4O6/c22-18(23)12-4-27-17(5-26-12)33-7-16(31)29-20-8-19(9-20,10-20)28-15(30)6-32-11-1-2-13-14(3-11)35-21(24,25)34-13/h1-5,18H,6-10H2,(H,28,30)(H,29,31). The minimum atomic E-state index is -3.74. The molecule has 2 heterocycles. The second kappa shape index (κ2) is 8.13. The number of aromatic nitrogens is 2.